The van der Waals surface area contributed by atoms with Crippen molar-refractivity contribution in [2.24, 2.45) is 0 Å². The van der Waals surface area contributed by atoms with E-state index in [0.717, 1.165) is 43.1 Å². The summed E-state index contributed by atoms with van der Waals surface area (Å²) in [5, 5.41) is 0. The molecule has 0 aromatic carbocycles. The number of unbranched alkanes of at least 4 members (excludes halogenated alkanes) is 11. The van der Waals surface area contributed by atoms with Gasteiger partial charge in [-0.2, -0.15) is 4.39 Å². The molecule has 12 nitrogen and oxygen atoms in total. The van der Waals surface area contributed by atoms with Gasteiger partial charge < -0.3 is 27.9 Å². The third-order valence-electron chi connectivity index (χ3n) is 7.75. The number of halogens is 1. The molecule has 264 valence electrons. The second-order valence-corrected chi connectivity index (χ2v) is 14.4. The molecule has 0 spiro atoms. The van der Waals surface area contributed by atoms with Gasteiger partial charge in [-0.25, -0.2) is 4.79 Å². The fraction of sp³-hybridized carbons (Fsp3) is 0.781. The molecular formula is C32H55FN3O9P. The second-order valence-electron chi connectivity index (χ2n) is 13.0. The maximum absolute atomic E-state index is 13.9. The van der Waals surface area contributed by atoms with Gasteiger partial charge >= 0.3 is 11.7 Å². The molecule has 1 fully saturated rings. The number of nitrogens with zero attached hydrogens (tertiary/aromatic N) is 2. The Morgan fingerprint density at radius 2 is 1.65 bits per heavy atom. The summed E-state index contributed by atoms with van der Waals surface area (Å²) >= 11 is 0. The predicted octanol–water partition coefficient (Wildman–Crippen LogP) is 5.12. The van der Waals surface area contributed by atoms with Gasteiger partial charge in [0, 0.05) is 12.8 Å². The van der Waals surface area contributed by atoms with Gasteiger partial charge in [0.2, 0.25) is 5.82 Å². The van der Waals surface area contributed by atoms with Crippen LogP contribution in [0.2, 0.25) is 0 Å². The quantitative estimate of drug-likeness (QED) is 0.0518. The molecule has 2 rings (SSSR count). The number of aromatic amines is 1. The van der Waals surface area contributed by atoms with E-state index >= 15 is 0 Å². The van der Waals surface area contributed by atoms with Crippen LogP contribution in [-0.2, 0) is 27.9 Å². The minimum absolute atomic E-state index is 0.0803. The fourth-order valence-electron chi connectivity index (χ4n) is 5.02. The largest absolute Gasteiger partial charge is 0.756 e. The van der Waals surface area contributed by atoms with Gasteiger partial charge in [0.25, 0.3) is 13.4 Å². The number of aromatic nitrogens is 2. The van der Waals surface area contributed by atoms with E-state index in [1.165, 1.54) is 38.5 Å². The Morgan fingerprint density at radius 1 is 1.04 bits per heavy atom. The van der Waals surface area contributed by atoms with E-state index in [1.54, 1.807) is 0 Å². The predicted molar refractivity (Wildman–Crippen MR) is 172 cm³/mol. The van der Waals surface area contributed by atoms with Crippen LogP contribution < -0.4 is 16.1 Å². The van der Waals surface area contributed by atoms with Crippen LogP contribution in [-0.4, -0.2) is 73.1 Å². The number of phosphoric ester groups is 1. The van der Waals surface area contributed by atoms with Crippen molar-refractivity contribution in [3.8, 4) is 0 Å². The van der Waals surface area contributed by atoms with Gasteiger partial charge in [-0.15, -0.1) is 0 Å². The number of hydrogen-bond acceptors (Lipinski definition) is 9. The number of nitrogens with one attached hydrogen (secondary N) is 1. The van der Waals surface area contributed by atoms with Crippen molar-refractivity contribution in [2.75, 3.05) is 40.9 Å². The Kier molecular flexibility index (Phi) is 18.2. The Labute approximate surface area is 272 Å². The van der Waals surface area contributed by atoms with Crippen molar-refractivity contribution >= 4 is 13.8 Å². The molecule has 46 heavy (non-hydrogen) atoms. The maximum Gasteiger partial charge on any atom is 0.330 e. The second kappa shape index (κ2) is 21.0. The maximum atomic E-state index is 13.9. The highest BCUT2D eigenvalue weighted by molar-refractivity contribution is 7.45. The molecule has 1 N–H and O–H groups in total. The van der Waals surface area contributed by atoms with Crippen LogP contribution in [0.25, 0.3) is 0 Å². The van der Waals surface area contributed by atoms with E-state index in [2.05, 4.69) is 19.1 Å². The third kappa shape index (κ3) is 16.6. The molecule has 1 aliphatic heterocycles. The van der Waals surface area contributed by atoms with Crippen LogP contribution in [0.3, 0.4) is 0 Å². The molecule has 1 aromatic rings. The van der Waals surface area contributed by atoms with Gasteiger partial charge in [-0.1, -0.05) is 70.4 Å². The summed E-state index contributed by atoms with van der Waals surface area (Å²) in [5.41, 5.74) is -2.10. The first-order chi connectivity index (χ1) is 21.8. The van der Waals surface area contributed by atoms with E-state index in [9.17, 15) is 28.2 Å². The highest BCUT2D eigenvalue weighted by Crippen LogP contribution is 2.40. The molecular weight excluding hydrogens is 620 g/mol. The van der Waals surface area contributed by atoms with Crippen molar-refractivity contribution in [1.82, 2.24) is 9.55 Å². The number of quaternary nitrogens is 1. The van der Waals surface area contributed by atoms with E-state index in [-0.39, 0.29) is 19.4 Å². The summed E-state index contributed by atoms with van der Waals surface area (Å²) in [6.07, 6.45) is 16.8. The zero-order valence-electron chi connectivity index (χ0n) is 28.1. The number of esters is 1. The molecule has 1 saturated heterocycles. The minimum Gasteiger partial charge on any atom is -0.756 e. The zero-order valence-corrected chi connectivity index (χ0v) is 29.0. The molecule has 0 radical (unpaired) electrons. The molecule has 4 unspecified atom stereocenters. The summed E-state index contributed by atoms with van der Waals surface area (Å²) in [7, 11) is 0.922. The molecule has 1 aromatic heterocycles. The van der Waals surface area contributed by atoms with Crippen LogP contribution in [0.1, 0.15) is 109 Å². The average molecular weight is 676 g/mol. The molecule has 0 bridgehead atoms. The van der Waals surface area contributed by atoms with E-state index in [0.29, 0.717) is 23.6 Å². The number of allylic oxidation sites excluding steroid dienone is 2. The summed E-state index contributed by atoms with van der Waals surface area (Å²) < 4.78 is 48.9. The normalized spacial score (nSPS) is 19.9. The number of carbonyl (C=O) groups excluding carboxylic acids is 1. The monoisotopic (exact) mass is 675 g/mol. The Bertz CT molecular complexity index is 1230. The van der Waals surface area contributed by atoms with Crippen molar-refractivity contribution in [3.63, 3.8) is 0 Å². The number of rotatable bonds is 24. The summed E-state index contributed by atoms with van der Waals surface area (Å²) in [4.78, 5) is 50.6. The number of H-pyrrole nitrogens is 1. The number of phosphoric acid groups is 1. The summed E-state index contributed by atoms with van der Waals surface area (Å²) in [6.45, 7) is 1.99. The van der Waals surface area contributed by atoms with Crippen molar-refractivity contribution < 1.29 is 41.6 Å². The lowest BCUT2D eigenvalue weighted by Gasteiger charge is -2.28. The molecule has 2 heterocycles. The average Bonchev–Trinajstić information content (AvgIpc) is 3.37. The summed E-state index contributed by atoms with van der Waals surface area (Å²) in [5.74, 6) is -1.70. The molecule has 0 saturated carbocycles. The molecule has 14 heteroatoms. The SMILES string of the molecule is CCCCCCCC/C=C/CCCCCCCC(=O)OC1CC(n2cc(F)c(=O)[nH]c2=O)OC1COP(=O)([O-])OCC[N+](C)(C)C. The number of hydrogen-bond donors (Lipinski definition) is 1. The van der Waals surface area contributed by atoms with Crippen LogP contribution in [0, 0.1) is 5.82 Å². The third-order valence-corrected chi connectivity index (χ3v) is 8.71. The zero-order chi connectivity index (χ0) is 34.0. The topological polar surface area (TPSA) is 149 Å². The Morgan fingerprint density at radius 3 is 2.28 bits per heavy atom. The number of ether oxygens (including phenoxy) is 2. The van der Waals surface area contributed by atoms with Crippen molar-refractivity contribution in [1.29, 1.82) is 0 Å². The van der Waals surface area contributed by atoms with Crippen LogP contribution in [0.5, 0.6) is 0 Å². The molecule has 0 amide bonds. The Hall–Kier alpha value is -2.15. The van der Waals surface area contributed by atoms with E-state index in [4.69, 9.17) is 18.5 Å². The van der Waals surface area contributed by atoms with Crippen molar-refractivity contribution in [2.45, 2.75) is 122 Å². The van der Waals surface area contributed by atoms with Gasteiger partial charge in [0.15, 0.2) is 0 Å². The lowest BCUT2D eigenvalue weighted by atomic mass is 10.1. The van der Waals surface area contributed by atoms with Crippen molar-refractivity contribution in [3.05, 3.63) is 45.0 Å². The lowest BCUT2D eigenvalue weighted by molar-refractivity contribution is -0.870. The summed E-state index contributed by atoms with van der Waals surface area (Å²) in [6, 6.07) is 0. The van der Waals surface area contributed by atoms with Crippen LogP contribution in [0.4, 0.5) is 4.39 Å². The first-order valence-corrected chi connectivity index (χ1v) is 18.2. The minimum atomic E-state index is -4.71. The van der Waals surface area contributed by atoms with E-state index < -0.39 is 55.9 Å². The standard InChI is InChI=1S/C32H55FN3O9P/c1-5-6-7-8-9-10-11-12-13-14-15-16-17-18-19-20-30(37)45-27-23-29(35-24-26(33)31(38)34-32(35)39)44-28(27)25-43-46(40,41)42-22-21-36(2,3)4/h12-13,24,27-29H,5-11,14-23,25H2,1-4H3,(H-,34,38,39,40,41)/b13-12+. The molecule has 4 atom stereocenters. The lowest BCUT2D eigenvalue weighted by Crippen LogP contribution is -2.37. The van der Waals surface area contributed by atoms with Gasteiger partial charge in [0.1, 0.15) is 31.6 Å². The smallest absolute Gasteiger partial charge is 0.330 e. The highest BCUT2D eigenvalue weighted by Gasteiger charge is 2.40. The number of carbonyl (C=O) groups is 1. The Balaban J connectivity index is 1.79. The first-order valence-electron chi connectivity index (χ1n) is 16.7. The fourth-order valence-corrected chi connectivity index (χ4v) is 5.73. The van der Waals surface area contributed by atoms with Gasteiger partial charge in [-0.3, -0.25) is 23.7 Å². The molecule has 0 aliphatic carbocycles. The van der Waals surface area contributed by atoms with E-state index in [1.807, 2.05) is 26.1 Å². The first kappa shape index (κ1) is 40.0. The van der Waals surface area contributed by atoms with Crippen LogP contribution in [0.15, 0.2) is 27.9 Å². The number of likely N-dealkylation sites (N-methyl/N-ethyl adjacent to an activating group) is 1. The molecule has 1 aliphatic rings. The highest BCUT2D eigenvalue weighted by atomic mass is 31.2. The van der Waals surface area contributed by atoms with Crippen LogP contribution >= 0.6 is 7.82 Å². The van der Waals surface area contributed by atoms with Gasteiger partial charge in [-0.05, 0) is 32.1 Å². The van der Waals surface area contributed by atoms with Gasteiger partial charge in [0.05, 0.1) is 33.9 Å².